The standard InChI is InChI=1S/C16H26N6O2/c1-11(2)15-17-14(19-24-15)9-21-7-5-6-16(23,10-21)13-8-22(12(3)4)20-18-13/h8,11-12,23H,5-7,9-10H2,1-4H3. The van der Waals surface area contributed by atoms with Crippen LogP contribution in [0, 0.1) is 0 Å². The summed E-state index contributed by atoms with van der Waals surface area (Å²) >= 11 is 0. The van der Waals surface area contributed by atoms with Crippen molar-refractivity contribution in [1.82, 2.24) is 30.0 Å². The third-order valence-electron chi connectivity index (χ3n) is 4.41. The molecule has 132 valence electrons. The lowest BCUT2D eigenvalue weighted by Crippen LogP contribution is -2.46. The average Bonchev–Trinajstić information content (AvgIpc) is 3.16. The molecule has 0 saturated carbocycles. The summed E-state index contributed by atoms with van der Waals surface area (Å²) in [6, 6.07) is 0.225. The first kappa shape index (κ1) is 17.0. The van der Waals surface area contributed by atoms with E-state index in [0.29, 0.717) is 36.9 Å². The number of hydrogen-bond acceptors (Lipinski definition) is 7. The van der Waals surface area contributed by atoms with Crippen LogP contribution in [0.25, 0.3) is 0 Å². The van der Waals surface area contributed by atoms with Gasteiger partial charge in [0.1, 0.15) is 11.3 Å². The van der Waals surface area contributed by atoms with Gasteiger partial charge in [0.05, 0.1) is 12.7 Å². The predicted molar refractivity (Wildman–Crippen MR) is 87.2 cm³/mol. The molecule has 0 bridgehead atoms. The van der Waals surface area contributed by atoms with Crippen LogP contribution in [0.4, 0.5) is 0 Å². The Kier molecular flexibility index (Phi) is 4.69. The van der Waals surface area contributed by atoms with E-state index in [4.69, 9.17) is 4.52 Å². The maximum Gasteiger partial charge on any atom is 0.229 e. The van der Waals surface area contributed by atoms with Gasteiger partial charge in [-0.25, -0.2) is 4.68 Å². The van der Waals surface area contributed by atoms with Gasteiger partial charge in [0.25, 0.3) is 0 Å². The van der Waals surface area contributed by atoms with Gasteiger partial charge in [0.2, 0.25) is 5.89 Å². The number of likely N-dealkylation sites (tertiary alicyclic amines) is 1. The van der Waals surface area contributed by atoms with Crippen LogP contribution in [0.3, 0.4) is 0 Å². The molecule has 8 heteroatoms. The van der Waals surface area contributed by atoms with Crippen molar-refractivity contribution >= 4 is 0 Å². The fraction of sp³-hybridized carbons (Fsp3) is 0.750. The van der Waals surface area contributed by atoms with Crippen LogP contribution < -0.4 is 0 Å². The molecule has 0 aliphatic carbocycles. The third-order valence-corrected chi connectivity index (χ3v) is 4.41. The molecule has 1 atom stereocenters. The SMILES string of the molecule is CC(C)c1nc(CN2CCCC(O)(c3cn(C(C)C)nn3)C2)no1. The second-order valence-electron chi connectivity index (χ2n) is 7.23. The summed E-state index contributed by atoms with van der Waals surface area (Å²) in [6.07, 6.45) is 3.42. The van der Waals surface area contributed by atoms with Gasteiger partial charge in [-0.2, -0.15) is 4.98 Å². The molecule has 24 heavy (non-hydrogen) atoms. The van der Waals surface area contributed by atoms with Gasteiger partial charge in [-0.15, -0.1) is 5.10 Å². The molecule has 0 aromatic carbocycles. The quantitative estimate of drug-likeness (QED) is 0.892. The van der Waals surface area contributed by atoms with Gasteiger partial charge >= 0.3 is 0 Å². The number of piperidine rings is 1. The third kappa shape index (κ3) is 3.49. The topological polar surface area (TPSA) is 93.1 Å². The number of aromatic nitrogens is 5. The molecule has 1 unspecified atom stereocenters. The first-order valence-electron chi connectivity index (χ1n) is 8.57. The smallest absolute Gasteiger partial charge is 0.229 e. The summed E-state index contributed by atoms with van der Waals surface area (Å²) in [7, 11) is 0. The van der Waals surface area contributed by atoms with E-state index in [1.54, 1.807) is 4.68 Å². The molecule has 3 rings (SSSR count). The molecule has 0 spiro atoms. The monoisotopic (exact) mass is 334 g/mol. The van der Waals surface area contributed by atoms with E-state index >= 15 is 0 Å². The van der Waals surface area contributed by atoms with Crippen LogP contribution in [0.5, 0.6) is 0 Å². The lowest BCUT2D eigenvalue weighted by atomic mass is 9.90. The number of hydrogen-bond donors (Lipinski definition) is 1. The van der Waals surface area contributed by atoms with Crippen LogP contribution in [-0.2, 0) is 12.1 Å². The van der Waals surface area contributed by atoms with E-state index in [2.05, 4.69) is 25.4 Å². The maximum atomic E-state index is 11.1. The van der Waals surface area contributed by atoms with E-state index in [-0.39, 0.29) is 12.0 Å². The Hall–Kier alpha value is -1.80. The molecule has 1 saturated heterocycles. The van der Waals surface area contributed by atoms with Crippen molar-refractivity contribution in [2.24, 2.45) is 0 Å². The fourth-order valence-electron chi connectivity index (χ4n) is 2.98. The molecule has 2 aromatic rings. The Morgan fingerprint density at radius 1 is 1.33 bits per heavy atom. The van der Waals surface area contributed by atoms with Gasteiger partial charge < -0.3 is 9.63 Å². The fourth-order valence-corrected chi connectivity index (χ4v) is 2.98. The van der Waals surface area contributed by atoms with Crippen molar-refractivity contribution in [3.05, 3.63) is 23.6 Å². The lowest BCUT2D eigenvalue weighted by molar-refractivity contribution is -0.0422. The summed E-state index contributed by atoms with van der Waals surface area (Å²) in [6.45, 7) is 10.1. The second kappa shape index (κ2) is 6.60. The van der Waals surface area contributed by atoms with Gasteiger partial charge in [-0.05, 0) is 33.2 Å². The highest BCUT2D eigenvalue weighted by atomic mass is 16.5. The Bertz CT molecular complexity index is 680. The first-order chi connectivity index (χ1) is 11.4. The summed E-state index contributed by atoms with van der Waals surface area (Å²) in [5, 5.41) is 23.4. The Balaban J connectivity index is 1.70. The minimum absolute atomic E-state index is 0.218. The minimum atomic E-state index is -0.976. The van der Waals surface area contributed by atoms with Crippen LogP contribution in [0.15, 0.2) is 10.7 Å². The molecule has 2 aromatic heterocycles. The zero-order valence-electron chi connectivity index (χ0n) is 14.8. The highest BCUT2D eigenvalue weighted by Crippen LogP contribution is 2.31. The number of nitrogens with zero attached hydrogens (tertiary/aromatic N) is 6. The van der Waals surface area contributed by atoms with Gasteiger partial charge in [-0.3, -0.25) is 4.90 Å². The van der Waals surface area contributed by atoms with Crippen molar-refractivity contribution in [2.45, 2.75) is 64.6 Å². The van der Waals surface area contributed by atoms with E-state index in [1.165, 1.54) is 0 Å². The van der Waals surface area contributed by atoms with E-state index in [0.717, 1.165) is 13.0 Å². The predicted octanol–water partition coefficient (Wildman–Crippen LogP) is 1.85. The van der Waals surface area contributed by atoms with Crippen molar-refractivity contribution in [3.8, 4) is 0 Å². The molecule has 0 radical (unpaired) electrons. The second-order valence-corrected chi connectivity index (χ2v) is 7.23. The van der Waals surface area contributed by atoms with Crippen LogP contribution in [0.2, 0.25) is 0 Å². The van der Waals surface area contributed by atoms with E-state index in [1.807, 2.05) is 33.9 Å². The number of rotatable bonds is 5. The van der Waals surface area contributed by atoms with Crippen LogP contribution in [-0.4, -0.2) is 48.2 Å². The van der Waals surface area contributed by atoms with Crippen molar-refractivity contribution in [1.29, 1.82) is 0 Å². The van der Waals surface area contributed by atoms with Crippen molar-refractivity contribution in [2.75, 3.05) is 13.1 Å². The van der Waals surface area contributed by atoms with Crippen molar-refractivity contribution in [3.63, 3.8) is 0 Å². The highest BCUT2D eigenvalue weighted by Gasteiger charge is 2.38. The molecule has 1 aliphatic rings. The Labute approximate surface area is 141 Å². The molecule has 0 amide bonds. The minimum Gasteiger partial charge on any atom is -0.382 e. The molecule has 8 nitrogen and oxygen atoms in total. The maximum absolute atomic E-state index is 11.1. The van der Waals surface area contributed by atoms with Gasteiger partial charge in [-0.1, -0.05) is 24.2 Å². The largest absolute Gasteiger partial charge is 0.382 e. The molecular weight excluding hydrogens is 308 g/mol. The normalized spacial score (nSPS) is 22.6. The summed E-state index contributed by atoms with van der Waals surface area (Å²) in [5.74, 6) is 1.53. The summed E-state index contributed by atoms with van der Waals surface area (Å²) < 4.78 is 7.04. The lowest BCUT2D eigenvalue weighted by Gasteiger charge is -2.37. The molecule has 1 aliphatic heterocycles. The average molecular weight is 334 g/mol. The Morgan fingerprint density at radius 3 is 2.75 bits per heavy atom. The van der Waals surface area contributed by atoms with Crippen LogP contribution in [0.1, 0.15) is 69.9 Å². The summed E-state index contributed by atoms with van der Waals surface area (Å²) in [5.41, 5.74) is -0.340. The van der Waals surface area contributed by atoms with Gasteiger partial charge in [0.15, 0.2) is 5.82 Å². The number of aliphatic hydroxyl groups is 1. The van der Waals surface area contributed by atoms with Crippen molar-refractivity contribution < 1.29 is 9.63 Å². The zero-order chi connectivity index (χ0) is 17.3. The van der Waals surface area contributed by atoms with E-state index < -0.39 is 5.60 Å². The molecule has 1 N–H and O–H groups in total. The number of β-amino-alcohol motifs (C(OH)–C–C–N with tert-alkyl or cyclic N) is 1. The molecule has 3 heterocycles. The van der Waals surface area contributed by atoms with E-state index in [9.17, 15) is 5.11 Å². The van der Waals surface area contributed by atoms with Gasteiger partial charge in [0, 0.05) is 18.5 Å². The first-order valence-corrected chi connectivity index (χ1v) is 8.57. The molecular formula is C16H26N6O2. The highest BCUT2D eigenvalue weighted by molar-refractivity contribution is 5.10. The Morgan fingerprint density at radius 2 is 2.12 bits per heavy atom. The van der Waals surface area contributed by atoms with Crippen LogP contribution >= 0.6 is 0 Å². The summed E-state index contributed by atoms with van der Waals surface area (Å²) in [4.78, 5) is 6.56. The zero-order valence-corrected chi connectivity index (χ0v) is 14.8. The molecule has 1 fully saturated rings.